The minimum atomic E-state index is 0.160. The summed E-state index contributed by atoms with van der Waals surface area (Å²) < 4.78 is 0. The molecule has 3 rings (SSSR count). The van der Waals surface area contributed by atoms with Gasteiger partial charge in [-0.3, -0.25) is 9.69 Å². The Morgan fingerprint density at radius 1 is 0.966 bits per heavy atom. The van der Waals surface area contributed by atoms with Crippen LogP contribution in [0.15, 0.2) is 29.3 Å². The number of carbonyl (C=O) groups excluding carboxylic acids is 1. The van der Waals surface area contributed by atoms with Crippen LogP contribution < -0.4 is 10.6 Å². The average Bonchev–Trinajstić information content (AvgIpc) is 3.16. The van der Waals surface area contributed by atoms with Crippen molar-refractivity contribution in [1.82, 2.24) is 20.4 Å². The SMILES string of the molecule is CCNC(=NCc1cccc(CN2CCCCCC2)c1)NCC(=O)N1CCCC1. The zero-order chi connectivity index (χ0) is 20.3. The van der Waals surface area contributed by atoms with Crippen LogP contribution in [0.4, 0.5) is 0 Å². The lowest BCUT2D eigenvalue weighted by Crippen LogP contribution is -2.44. The van der Waals surface area contributed by atoms with Crippen LogP contribution >= 0.6 is 0 Å². The van der Waals surface area contributed by atoms with Gasteiger partial charge in [-0.15, -0.1) is 0 Å². The zero-order valence-electron chi connectivity index (χ0n) is 18.0. The van der Waals surface area contributed by atoms with E-state index < -0.39 is 0 Å². The van der Waals surface area contributed by atoms with Crippen LogP contribution in [0.5, 0.6) is 0 Å². The molecule has 2 N–H and O–H groups in total. The van der Waals surface area contributed by atoms with Gasteiger partial charge in [-0.05, 0) is 56.8 Å². The van der Waals surface area contributed by atoms with E-state index in [0.29, 0.717) is 19.0 Å². The van der Waals surface area contributed by atoms with Gasteiger partial charge in [0, 0.05) is 26.2 Å². The number of benzene rings is 1. The molecule has 0 aromatic heterocycles. The van der Waals surface area contributed by atoms with E-state index in [1.165, 1.54) is 49.9 Å². The third kappa shape index (κ3) is 7.35. The van der Waals surface area contributed by atoms with Crippen LogP contribution in [0.25, 0.3) is 0 Å². The lowest BCUT2D eigenvalue weighted by Gasteiger charge is -2.20. The Hall–Kier alpha value is -2.08. The first kappa shape index (κ1) is 21.6. The average molecular weight is 400 g/mol. The van der Waals surface area contributed by atoms with Crippen molar-refractivity contribution in [1.29, 1.82) is 0 Å². The normalized spacial score (nSPS) is 18.5. The molecule has 0 atom stereocenters. The Balaban J connectivity index is 1.53. The van der Waals surface area contributed by atoms with Crippen molar-refractivity contribution in [2.75, 3.05) is 39.3 Å². The Morgan fingerprint density at radius 2 is 1.66 bits per heavy atom. The van der Waals surface area contributed by atoms with E-state index in [1.807, 2.05) is 11.8 Å². The maximum atomic E-state index is 12.3. The highest BCUT2D eigenvalue weighted by Gasteiger charge is 2.17. The van der Waals surface area contributed by atoms with Gasteiger partial charge in [-0.2, -0.15) is 0 Å². The highest BCUT2D eigenvalue weighted by atomic mass is 16.2. The van der Waals surface area contributed by atoms with Crippen molar-refractivity contribution >= 4 is 11.9 Å². The van der Waals surface area contributed by atoms with Crippen molar-refractivity contribution in [3.8, 4) is 0 Å². The number of rotatable bonds is 7. The molecule has 2 aliphatic rings. The minimum absolute atomic E-state index is 0.160. The Bertz CT molecular complexity index is 661. The lowest BCUT2D eigenvalue weighted by atomic mass is 10.1. The van der Waals surface area contributed by atoms with Crippen molar-refractivity contribution in [2.24, 2.45) is 4.99 Å². The summed E-state index contributed by atoms with van der Waals surface area (Å²) in [4.78, 5) is 21.5. The summed E-state index contributed by atoms with van der Waals surface area (Å²) in [5.41, 5.74) is 2.57. The summed E-state index contributed by atoms with van der Waals surface area (Å²) in [6.45, 7) is 8.96. The molecule has 6 nitrogen and oxygen atoms in total. The monoisotopic (exact) mass is 399 g/mol. The minimum Gasteiger partial charge on any atom is -0.357 e. The van der Waals surface area contributed by atoms with E-state index in [4.69, 9.17) is 4.99 Å². The Labute approximate surface area is 175 Å². The van der Waals surface area contributed by atoms with E-state index in [0.717, 1.165) is 39.0 Å². The van der Waals surface area contributed by atoms with Crippen LogP contribution in [-0.2, 0) is 17.9 Å². The first-order chi connectivity index (χ1) is 14.2. The standard InChI is InChI=1S/C23H37N5O/c1-2-24-23(26-18-22(29)28-14-7-8-15-28)25-17-20-10-9-11-21(16-20)19-27-12-5-3-4-6-13-27/h9-11,16H,2-8,12-15,17-19H2,1H3,(H2,24,25,26). The van der Waals surface area contributed by atoms with Crippen LogP contribution in [0.2, 0.25) is 0 Å². The van der Waals surface area contributed by atoms with E-state index in [2.05, 4.69) is 39.8 Å². The molecule has 2 saturated heterocycles. The Kier molecular flexibility index (Phi) is 8.81. The van der Waals surface area contributed by atoms with Crippen molar-refractivity contribution < 1.29 is 4.79 Å². The molecule has 1 amide bonds. The fourth-order valence-electron chi connectivity index (χ4n) is 4.13. The molecule has 1 aromatic rings. The summed E-state index contributed by atoms with van der Waals surface area (Å²) >= 11 is 0. The molecule has 0 saturated carbocycles. The molecule has 160 valence electrons. The maximum absolute atomic E-state index is 12.3. The van der Waals surface area contributed by atoms with E-state index in [1.54, 1.807) is 0 Å². The number of nitrogens with one attached hydrogen (secondary N) is 2. The van der Waals surface area contributed by atoms with Crippen molar-refractivity contribution in [3.05, 3.63) is 35.4 Å². The zero-order valence-corrected chi connectivity index (χ0v) is 18.0. The number of hydrogen-bond acceptors (Lipinski definition) is 3. The van der Waals surface area contributed by atoms with Gasteiger partial charge in [-0.1, -0.05) is 37.1 Å². The summed E-state index contributed by atoms with van der Waals surface area (Å²) in [6, 6.07) is 8.76. The van der Waals surface area contributed by atoms with E-state index >= 15 is 0 Å². The number of guanidine groups is 1. The van der Waals surface area contributed by atoms with Gasteiger partial charge < -0.3 is 15.5 Å². The predicted molar refractivity (Wildman–Crippen MR) is 119 cm³/mol. The number of hydrogen-bond donors (Lipinski definition) is 2. The second-order valence-electron chi connectivity index (χ2n) is 8.15. The third-order valence-corrected chi connectivity index (χ3v) is 5.73. The molecular formula is C23H37N5O. The number of aliphatic imine (C=N–C) groups is 1. The number of amides is 1. The van der Waals surface area contributed by atoms with Crippen LogP contribution in [0, 0.1) is 0 Å². The Morgan fingerprint density at radius 3 is 2.38 bits per heavy atom. The third-order valence-electron chi connectivity index (χ3n) is 5.73. The second-order valence-corrected chi connectivity index (χ2v) is 8.15. The highest BCUT2D eigenvalue weighted by molar-refractivity contribution is 5.86. The fourth-order valence-corrected chi connectivity index (χ4v) is 4.13. The first-order valence-electron chi connectivity index (χ1n) is 11.3. The molecule has 0 unspecified atom stereocenters. The maximum Gasteiger partial charge on any atom is 0.241 e. The van der Waals surface area contributed by atoms with E-state index in [-0.39, 0.29) is 5.91 Å². The molecule has 0 spiro atoms. The largest absolute Gasteiger partial charge is 0.357 e. The molecular weight excluding hydrogens is 362 g/mol. The van der Waals surface area contributed by atoms with Gasteiger partial charge in [0.15, 0.2) is 5.96 Å². The van der Waals surface area contributed by atoms with Crippen LogP contribution in [0.1, 0.15) is 56.6 Å². The van der Waals surface area contributed by atoms with Gasteiger partial charge in [0.05, 0.1) is 13.1 Å². The molecule has 6 heteroatoms. The highest BCUT2D eigenvalue weighted by Crippen LogP contribution is 2.14. The van der Waals surface area contributed by atoms with Gasteiger partial charge in [-0.25, -0.2) is 4.99 Å². The summed E-state index contributed by atoms with van der Waals surface area (Å²) in [5.74, 6) is 0.866. The van der Waals surface area contributed by atoms with Gasteiger partial charge in [0.25, 0.3) is 0 Å². The quantitative estimate of drug-likeness (QED) is 0.547. The molecule has 29 heavy (non-hydrogen) atoms. The number of nitrogens with zero attached hydrogens (tertiary/aromatic N) is 3. The molecule has 0 radical (unpaired) electrons. The summed E-state index contributed by atoms with van der Waals surface area (Å²) in [7, 11) is 0. The fraction of sp³-hybridized carbons (Fsp3) is 0.652. The summed E-state index contributed by atoms with van der Waals surface area (Å²) in [5, 5.41) is 6.44. The predicted octanol–water partition coefficient (Wildman–Crippen LogP) is 2.74. The van der Waals surface area contributed by atoms with Gasteiger partial charge >= 0.3 is 0 Å². The van der Waals surface area contributed by atoms with Crippen LogP contribution in [-0.4, -0.2) is 60.9 Å². The summed E-state index contributed by atoms with van der Waals surface area (Å²) in [6.07, 6.45) is 7.61. The molecule has 0 bridgehead atoms. The van der Waals surface area contributed by atoms with Crippen LogP contribution in [0.3, 0.4) is 0 Å². The smallest absolute Gasteiger partial charge is 0.241 e. The topological polar surface area (TPSA) is 60.0 Å². The molecule has 1 aromatic carbocycles. The molecule has 0 aliphatic carbocycles. The molecule has 2 fully saturated rings. The van der Waals surface area contributed by atoms with Gasteiger partial charge in [0.2, 0.25) is 5.91 Å². The first-order valence-corrected chi connectivity index (χ1v) is 11.3. The van der Waals surface area contributed by atoms with E-state index in [9.17, 15) is 4.79 Å². The molecule has 2 heterocycles. The van der Waals surface area contributed by atoms with Crippen molar-refractivity contribution in [2.45, 2.75) is 58.5 Å². The lowest BCUT2D eigenvalue weighted by molar-refractivity contribution is -0.128. The molecule has 2 aliphatic heterocycles. The second kappa shape index (κ2) is 11.8. The number of likely N-dealkylation sites (tertiary alicyclic amines) is 2. The van der Waals surface area contributed by atoms with Crippen molar-refractivity contribution in [3.63, 3.8) is 0 Å². The number of carbonyl (C=O) groups is 1. The van der Waals surface area contributed by atoms with Gasteiger partial charge in [0.1, 0.15) is 0 Å².